The van der Waals surface area contributed by atoms with Crippen LogP contribution in [0.5, 0.6) is 0 Å². The molecule has 0 amide bonds. The molecule has 0 unspecified atom stereocenters. The van der Waals surface area contributed by atoms with Crippen LogP contribution in [0.4, 0.5) is 0 Å². The highest BCUT2D eigenvalue weighted by molar-refractivity contribution is 7.87. The van der Waals surface area contributed by atoms with Gasteiger partial charge in [-0.15, -0.1) is 0 Å². The minimum Gasteiger partial charge on any atom is -0.379 e. The number of hydrogen-bond donors (Lipinski definition) is 1. The van der Waals surface area contributed by atoms with Gasteiger partial charge in [-0.05, 0) is 38.7 Å². The Balaban J connectivity index is 1.79. The van der Waals surface area contributed by atoms with E-state index in [0.717, 1.165) is 30.5 Å². The van der Waals surface area contributed by atoms with E-state index < -0.39 is 10.2 Å². The Labute approximate surface area is 131 Å². The van der Waals surface area contributed by atoms with E-state index in [0.29, 0.717) is 26.3 Å². The number of hydrogen-bond acceptors (Lipinski definition) is 4. The summed E-state index contributed by atoms with van der Waals surface area (Å²) in [6.07, 6.45) is 4.80. The molecule has 7 nitrogen and oxygen atoms in total. The second-order valence-electron chi connectivity index (χ2n) is 6.19. The predicted molar refractivity (Wildman–Crippen MR) is 82.7 cm³/mol. The molecule has 0 aromatic carbocycles. The zero-order chi connectivity index (χ0) is 15.7. The lowest BCUT2D eigenvalue weighted by Gasteiger charge is -2.29. The number of aryl methyl sites for hydroxylation is 1. The van der Waals surface area contributed by atoms with Crippen LogP contribution in [0, 0.1) is 0 Å². The third kappa shape index (κ3) is 3.19. The molecule has 2 heterocycles. The normalized spacial score (nSPS) is 23.7. The fourth-order valence-corrected chi connectivity index (χ4v) is 4.35. The van der Waals surface area contributed by atoms with E-state index in [1.807, 2.05) is 4.68 Å². The van der Waals surface area contributed by atoms with Gasteiger partial charge < -0.3 is 4.74 Å². The molecule has 1 aliphatic carbocycles. The smallest absolute Gasteiger partial charge is 0.280 e. The van der Waals surface area contributed by atoms with Crippen LogP contribution < -0.4 is 4.72 Å². The molecule has 1 aromatic heterocycles. The maximum Gasteiger partial charge on any atom is 0.280 e. The van der Waals surface area contributed by atoms with E-state index in [4.69, 9.17) is 4.74 Å². The lowest BCUT2D eigenvalue weighted by molar-refractivity contribution is 0.0722. The number of rotatable bonds is 4. The first-order valence-electron chi connectivity index (χ1n) is 7.90. The fourth-order valence-electron chi connectivity index (χ4n) is 2.98. The molecule has 1 saturated heterocycles. The molecule has 0 saturated carbocycles. The predicted octanol–water partition coefficient (Wildman–Crippen LogP) is 1.01. The van der Waals surface area contributed by atoms with Crippen LogP contribution in [0.2, 0.25) is 0 Å². The summed E-state index contributed by atoms with van der Waals surface area (Å²) in [6, 6.07) is 0.0543. The summed E-state index contributed by atoms with van der Waals surface area (Å²) in [4.78, 5) is 0. The number of nitrogens with one attached hydrogen (secondary N) is 1. The van der Waals surface area contributed by atoms with Gasteiger partial charge in [-0.3, -0.25) is 4.68 Å². The summed E-state index contributed by atoms with van der Waals surface area (Å²) < 4.78 is 36.5. The van der Waals surface area contributed by atoms with Crippen molar-refractivity contribution in [1.29, 1.82) is 0 Å². The molecule has 8 heteroatoms. The molecule has 1 atom stereocenters. The van der Waals surface area contributed by atoms with Crippen molar-refractivity contribution in [1.82, 2.24) is 18.8 Å². The quantitative estimate of drug-likeness (QED) is 0.895. The maximum absolute atomic E-state index is 12.5. The second-order valence-corrected chi connectivity index (χ2v) is 7.89. The first kappa shape index (κ1) is 15.9. The molecule has 1 aliphatic heterocycles. The lowest BCUT2D eigenvalue weighted by Crippen LogP contribution is -2.48. The van der Waals surface area contributed by atoms with Crippen LogP contribution in [0.15, 0.2) is 6.20 Å². The highest BCUT2D eigenvalue weighted by atomic mass is 32.2. The molecule has 0 spiro atoms. The number of morpholine rings is 1. The molecule has 0 radical (unpaired) electrons. The van der Waals surface area contributed by atoms with Crippen LogP contribution >= 0.6 is 0 Å². The first-order valence-corrected chi connectivity index (χ1v) is 9.34. The fraction of sp³-hybridized carbons (Fsp3) is 0.786. The molecular formula is C14H24N4O3S. The van der Waals surface area contributed by atoms with E-state index in [2.05, 4.69) is 29.9 Å². The van der Waals surface area contributed by atoms with Gasteiger partial charge in [-0.1, -0.05) is 0 Å². The van der Waals surface area contributed by atoms with E-state index in [9.17, 15) is 8.42 Å². The summed E-state index contributed by atoms with van der Waals surface area (Å²) in [5, 5.41) is 4.61. The number of aromatic nitrogens is 2. The Bertz CT molecular complexity index is 620. The summed E-state index contributed by atoms with van der Waals surface area (Å²) in [5.41, 5.74) is 2.05. The van der Waals surface area contributed by atoms with Crippen molar-refractivity contribution in [2.75, 3.05) is 26.3 Å². The van der Waals surface area contributed by atoms with Gasteiger partial charge in [-0.2, -0.15) is 22.5 Å². The van der Waals surface area contributed by atoms with E-state index >= 15 is 0 Å². The van der Waals surface area contributed by atoms with E-state index in [-0.39, 0.29) is 12.1 Å². The molecule has 1 fully saturated rings. The van der Waals surface area contributed by atoms with Gasteiger partial charge in [-0.25, -0.2) is 0 Å². The lowest BCUT2D eigenvalue weighted by atomic mass is 9.94. The van der Waals surface area contributed by atoms with Crippen molar-refractivity contribution in [2.24, 2.45) is 0 Å². The van der Waals surface area contributed by atoms with E-state index in [1.54, 1.807) is 0 Å². The van der Waals surface area contributed by atoms with Crippen LogP contribution in [-0.4, -0.2) is 48.8 Å². The SMILES string of the molecule is CC(C)n1cc2c(n1)[C@@H](NS(=O)(=O)N1CCOCC1)CCC2. The minimum atomic E-state index is -3.48. The molecule has 1 N–H and O–H groups in total. The molecule has 124 valence electrons. The highest BCUT2D eigenvalue weighted by Gasteiger charge is 2.31. The van der Waals surface area contributed by atoms with Crippen molar-refractivity contribution >= 4 is 10.2 Å². The monoisotopic (exact) mass is 328 g/mol. The summed E-state index contributed by atoms with van der Waals surface area (Å²) in [6.45, 7) is 5.89. The average Bonchev–Trinajstić information content (AvgIpc) is 2.93. The maximum atomic E-state index is 12.5. The standard InChI is InChI=1S/C14H24N4O3S/c1-11(2)18-10-12-4-3-5-13(14(12)15-18)16-22(19,20)17-6-8-21-9-7-17/h10-11,13,16H,3-9H2,1-2H3/t13-/m0/s1. The van der Waals surface area contributed by atoms with Crippen molar-refractivity contribution in [3.8, 4) is 0 Å². The largest absolute Gasteiger partial charge is 0.379 e. The van der Waals surface area contributed by atoms with Gasteiger partial charge in [0.15, 0.2) is 0 Å². The summed E-state index contributed by atoms with van der Waals surface area (Å²) in [7, 11) is -3.48. The van der Waals surface area contributed by atoms with Gasteiger partial charge in [0.1, 0.15) is 0 Å². The van der Waals surface area contributed by atoms with Crippen molar-refractivity contribution in [3.05, 3.63) is 17.5 Å². The van der Waals surface area contributed by atoms with Gasteiger partial charge in [0.25, 0.3) is 10.2 Å². The summed E-state index contributed by atoms with van der Waals surface area (Å²) in [5.74, 6) is 0. The zero-order valence-electron chi connectivity index (χ0n) is 13.2. The molecule has 0 bridgehead atoms. The van der Waals surface area contributed by atoms with Crippen LogP contribution in [0.1, 0.15) is 50.0 Å². The topological polar surface area (TPSA) is 76.5 Å². The third-order valence-electron chi connectivity index (χ3n) is 4.24. The van der Waals surface area contributed by atoms with Crippen LogP contribution in [-0.2, 0) is 21.4 Å². The van der Waals surface area contributed by atoms with Gasteiger partial charge >= 0.3 is 0 Å². The Kier molecular flexibility index (Phi) is 4.54. The average molecular weight is 328 g/mol. The van der Waals surface area contributed by atoms with Crippen LogP contribution in [0.3, 0.4) is 0 Å². The molecule has 22 heavy (non-hydrogen) atoms. The van der Waals surface area contributed by atoms with Crippen LogP contribution in [0.25, 0.3) is 0 Å². The Morgan fingerprint density at radius 2 is 2.09 bits per heavy atom. The Morgan fingerprint density at radius 3 is 2.77 bits per heavy atom. The Hall–Kier alpha value is -0.960. The molecule has 2 aliphatic rings. The number of ether oxygens (including phenoxy) is 1. The molecule has 1 aromatic rings. The van der Waals surface area contributed by atoms with Crippen molar-refractivity contribution in [3.63, 3.8) is 0 Å². The van der Waals surface area contributed by atoms with Crippen molar-refractivity contribution in [2.45, 2.75) is 45.2 Å². The molecular weight excluding hydrogens is 304 g/mol. The highest BCUT2D eigenvalue weighted by Crippen LogP contribution is 2.30. The minimum absolute atomic E-state index is 0.225. The van der Waals surface area contributed by atoms with E-state index in [1.165, 1.54) is 4.31 Å². The third-order valence-corrected chi connectivity index (χ3v) is 5.87. The number of nitrogens with zero attached hydrogens (tertiary/aromatic N) is 3. The van der Waals surface area contributed by atoms with Gasteiger partial charge in [0.05, 0.1) is 24.9 Å². The number of fused-ring (bicyclic) bond motifs is 1. The Morgan fingerprint density at radius 1 is 1.36 bits per heavy atom. The zero-order valence-corrected chi connectivity index (χ0v) is 14.0. The van der Waals surface area contributed by atoms with Gasteiger partial charge in [0, 0.05) is 25.3 Å². The second kappa shape index (κ2) is 6.27. The van der Waals surface area contributed by atoms with Crippen molar-refractivity contribution < 1.29 is 13.2 Å². The first-order chi connectivity index (χ1) is 10.5. The molecule has 3 rings (SSSR count). The summed E-state index contributed by atoms with van der Waals surface area (Å²) >= 11 is 0. The van der Waals surface area contributed by atoms with Gasteiger partial charge in [0.2, 0.25) is 0 Å².